The molecule has 1 spiro atoms. The van der Waals surface area contributed by atoms with Gasteiger partial charge in [-0.25, -0.2) is 0 Å². The molecule has 0 aromatic heterocycles. The Kier molecular flexibility index (Phi) is 2.36. The molecule has 1 saturated carbocycles. The zero-order chi connectivity index (χ0) is 14.8. The Morgan fingerprint density at radius 1 is 1.29 bits per heavy atom. The van der Waals surface area contributed by atoms with Crippen LogP contribution in [0.4, 0.5) is 0 Å². The number of carbonyl (C=O) groups is 2. The molecule has 2 aliphatic carbocycles. The van der Waals surface area contributed by atoms with Crippen LogP contribution in [0, 0.1) is 11.3 Å². The number of benzene rings is 1. The summed E-state index contributed by atoms with van der Waals surface area (Å²) in [6.07, 6.45) is 2.84. The predicted octanol–water partition coefficient (Wildman–Crippen LogP) is 3.46. The van der Waals surface area contributed by atoms with E-state index in [1.165, 1.54) is 5.57 Å². The molecular formula is C18H16O3. The van der Waals surface area contributed by atoms with Gasteiger partial charge in [-0.3, -0.25) is 9.59 Å². The summed E-state index contributed by atoms with van der Waals surface area (Å²) >= 11 is 0. The largest absolute Gasteiger partial charge is 0.425 e. The maximum absolute atomic E-state index is 13.2. The van der Waals surface area contributed by atoms with Crippen LogP contribution in [0.15, 0.2) is 47.6 Å². The monoisotopic (exact) mass is 280 g/mol. The molecule has 3 nitrogen and oxygen atoms in total. The van der Waals surface area contributed by atoms with Crippen LogP contribution in [0.5, 0.6) is 5.75 Å². The highest BCUT2D eigenvalue weighted by Crippen LogP contribution is 2.60. The third-order valence-corrected chi connectivity index (χ3v) is 5.31. The summed E-state index contributed by atoms with van der Waals surface area (Å²) in [5.41, 5.74) is 2.20. The molecule has 1 aliphatic heterocycles. The zero-order valence-corrected chi connectivity index (χ0v) is 11.9. The van der Waals surface area contributed by atoms with Gasteiger partial charge in [0, 0.05) is 5.92 Å². The average Bonchev–Trinajstić information content (AvgIpc) is 3.02. The van der Waals surface area contributed by atoms with E-state index in [2.05, 4.69) is 6.58 Å². The smallest absolute Gasteiger partial charge is 0.330 e. The minimum absolute atomic E-state index is 0.0571. The highest BCUT2D eigenvalue weighted by atomic mass is 16.5. The summed E-state index contributed by atoms with van der Waals surface area (Å²) in [6, 6.07) is 6.98. The Morgan fingerprint density at radius 3 is 2.86 bits per heavy atom. The highest BCUT2D eigenvalue weighted by molar-refractivity contribution is 6.20. The second kappa shape index (κ2) is 3.94. The van der Waals surface area contributed by atoms with E-state index in [1.807, 2.05) is 6.92 Å². The predicted molar refractivity (Wildman–Crippen MR) is 78.0 cm³/mol. The fourth-order valence-corrected chi connectivity index (χ4v) is 4.26. The molecule has 1 aromatic carbocycles. The Morgan fingerprint density at radius 2 is 2.05 bits per heavy atom. The summed E-state index contributed by atoms with van der Waals surface area (Å²) in [4.78, 5) is 25.9. The summed E-state index contributed by atoms with van der Waals surface area (Å²) in [7, 11) is 0. The molecule has 106 valence electrons. The van der Waals surface area contributed by atoms with E-state index in [0.29, 0.717) is 16.9 Å². The lowest BCUT2D eigenvalue weighted by Gasteiger charge is -2.36. The van der Waals surface area contributed by atoms with E-state index in [-0.39, 0.29) is 11.7 Å². The van der Waals surface area contributed by atoms with E-state index < -0.39 is 11.4 Å². The first-order valence-corrected chi connectivity index (χ1v) is 7.34. The van der Waals surface area contributed by atoms with Gasteiger partial charge in [0.05, 0.1) is 5.56 Å². The number of hydrogen-bond donors (Lipinski definition) is 0. The number of ether oxygens (including phenoxy) is 1. The molecule has 0 saturated heterocycles. The quantitative estimate of drug-likeness (QED) is 0.415. The number of rotatable bonds is 0. The van der Waals surface area contributed by atoms with Crippen molar-refractivity contribution in [2.75, 3.05) is 0 Å². The van der Waals surface area contributed by atoms with Crippen molar-refractivity contribution in [2.45, 2.75) is 26.2 Å². The van der Waals surface area contributed by atoms with Gasteiger partial charge in [0.1, 0.15) is 5.75 Å². The minimum atomic E-state index is -1.20. The normalized spacial score (nSPS) is 30.7. The Balaban J connectivity index is 1.96. The van der Waals surface area contributed by atoms with Crippen LogP contribution in [0.1, 0.15) is 36.5 Å². The maximum atomic E-state index is 13.2. The van der Waals surface area contributed by atoms with Gasteiger partial charge in [0.15, 0.2) is 11.2 Å². The summed E-state index contributed by atoms with van der Waals surface area (Å²) < 4.78 is 5.52. The lowest BCUT2D eigenvalue weighted by molar-refractivity contribution is -0.143. The number of Topliss-reactive ketones (excluding diaryl/α,β-unsaturated/α-hetero) is 1. The van der Waals surface area contributed by atoms with Crippen molar-refractivity contribution in [2.24, 2.45) is 11.3 Å². The number of ketones is 1. The fraction of sp³-hybridized carbons (Fsp3) is 0.333. The molecule has 0 bridgehead atoms. The topological polar surface area (TPSA) is 43.4 Å². The standard InChI is InChI=1S/C18H16O3/c1-10-11(2)18(14-8-5-7-12(10)14)16(19)13-6-3-4-9-15(13)21-17(18)20/h3-4,6,9,14H,2,5,7-8H2,1H3. The molecule has 3 aliphatic rings. The van der Waals surface area contributed by atoms with Gasteiger partial charge in [-0.05, 0) is 49.5 Å². The third-order valence-electron chi connectivity index (χ3n) is 5.31. The van der Waals surface area contributed by atoms with Gasteiger partial charge >= 0.3 is 5.97 Å². The van der Waals surface area contributed by atoms with Crippen LogP contribution < -0.4 is 4.74 Å². The van der Waals surface area contributed by atoms with Gasteiger partial charge in [-0.2, -0.15) is 0 Å². The van der Waals surface area contributed by atoms with Crippen LogP contribution in [-0.4, -0.2) is 11.8 Å². The Bertz CT molecular complexity index is 741. The zero-order valence-electron chi connectivity index (χ0n) is 11.9. The molecule has 0 amide bonds. The van der Waals surface area contributed by atoms with Crippen LogP contribution in [0.3, 0.4) is 0 Å². The first-order chi connectivity index (χ1) is 10.1. The van der Waals surface area contributed by atoms with Crippen molar-refractivity contribution in [1.82, 2.24) is 0 Å². The van der Waals surface area contributed by atoms with Crippen molar-refractivity contribution in [3.8, 4) is 5.75 Å². The molecule has 21 heavy (non-hydrogen) atoms. The van der Waals surface area contributed by atoms with Crippen LogP contribution in [0.25, 0.3) is 0 Å². The molecule has 1 aromatic rings. The van der Waals surface area contributed by atoms with Gasteiger partial charge in [0.25, 0.3) is 0 Å². The van der Waals surface area contributed by atoms with E-state index in [4.69, 9.17) is 4.74 Å². The minimum Gasteiger partial charge on any atom is -0.425 e. The Labute approximate surface area is 123 Å². The molecule has 3 heteroatoms. The molecule has 1 fully saturated rings. The summed E-state index contributed by atoms with van der Waals surface area (Å²) in [6.45, 7) is 6.07. The third kappa shape index (κ3) is 1.29. The van der Waals surface area contributed by atoms with Crippen LogP contribution in [-0.2, 0) is 4.79 Å². The number of para-hydroxylation sites is 1. The molecule has 0 N–H and O–H groups in total. The van der Waals surface area contributed by atoms with Crippen LogP contribution >= 0.6 is 0 Å². The lowest BCUT2D eigenvalue weighted by atomic mass is 9.67. The summed E-state index contributed by atoms with van der Waals surface area (Å²) in [5.74, 6) is -0.272. The number of allylic oxidation sites excluding steroid dienone is 2. The van der Waals surface area contributed by atoms with E-state index in [1.54, 1.807) is 24.3 Å². The fourth-order valence-electron chi connectivity index (χ4n) is 4.26. The molecule has 2 unspecified atom stereocenters. The second-order valence-electron chi connectivity index (χ2n) is 6.10. The van der Waals surface area contributed by atoms with Crippen molar-refractivity contribution in [3.63, 3.8) is 0 Å². The van der Waals surface area contributed by atoms with Gasteiger partial charge in [-0.15, -0.1) is 0 Å². The van der Waals surface area contributed by atoms with E-state index in [9.17, 15) is 9.59 Å². The van der Waals surface area contributed by atoms with Crippen molar-refractivity contribution in [1.29, 1.82) is 0 Å². The lowest BCUT2D eigenvalue weighted by Crippen LogP contribution is -2.49. The Hall–Kier alpha value is -2.16. The SMILES string of the molecule is C=C1C(C)=C2CCCC2C12C(=O)Oc1ccccc1C2=O. The maximum Gasteiger partial charge on any atom is 0.330 e. The second-order valence-corrected chi connectivity index (χ2v) is 6.10. The van der Waals surface area contributed by atoms with Crippen molar-refractivity contribution >= 4 is 11.8 Å². The van der Waals surface area contributed by atoms with Gasteiger partial charge in [0.2, 0.25) is 0 Å². The molecular weight excluding hydrogens is 264 g/mol. The number of carbonyl (C=O) groups excluding carboxylic acids is 2. The van der Waals surface area contributed by atoms with E-state index in [0.717, 1.165) is 24.8 Å². The molecule has 2 atom stereocenters. The molecule has 4 rings (SSSR count). The van der Waals surface area contributed by atoms with Crippen molar-refractivity contribution < 1.29 is 14.3 Å². The van der Waals surface area contributed by atoms with Crippen LogP contribution in [0.2, 0.25) is 0 Å². The van der Waals surface area contributed by atoms with E-state index >= 15 is 0 Å². The van der Waals surface area contributed by atoms with Gasteiger partial charge < -0.3 is 4.74 Å². The van der Waals surface area contributed by atoms with Gasteiger partial charge in [-0.1, -0.05) is 24.3 Å². The highest BCUT2D eigenvalue weighted by Gasteiger charge is 2.63. The van der Waals surface area contributed by atoms with Crippen molar-refractivity contribution in [3.05, 3.63) is 53.1 Å². The number of hydrogen-bond acceptors (Lipinski definition) is 3. The first kappa shape index (κ1) is 12.6. The molecule has 1 heterocycles. The molecule has 0 radical (unpaired) electrons. The first-order valence-electron chi connectivity index (χ1n) is 7.34. The number of esters is 1. The average molecular weight is 280 g/mol. The number of fused-ring (bicyclic) bond motifs is 3. The summed E-state index contributed by atoms with van der Waals surface area (Å²) in [5, 5.41) is 0.